The van der Waals surface area contributed by atoms with Crippen LogP contribution in [0.5, 0.6) is 0 Å². The van der Waals surface area contributed by atoms with Crippen molar-refractivity contribution in [1.29, 1.82) is 0 Å². The maximum absolute atomic E-state index is 13.6. The maximum atomic E-state index is 13.6. The number of thiazole rings is 1. The highest BCUT2D eigenvalue weighted by molar-refractivity contribution is 9.10. The summed E-state index contributed by atoms with van der Waals surface area (Å²) in [5, 5.41) is 2.89. The molecule has 0 N–H and O–H groups in total. The third-order valence-corrected chi connectivity index (χ3v) is 4.43. The Morgan fingerprint density at radius 1 is 1.10 bits per heavy atom. The highest BCUT2D eigenvalue weighted by Crippen LogP contribution is 2.30. The molecular weight excluding hydrogens is 337 g/mol. The number of halogens is 2. The number of aromatic nitrogens is 1. The highest BCUT2D eigenvalue weighted by Gasteiger charge is 2.08. The van der Waals surface area contributed by atoms with E-state index in [2.05, 4.69) is 20.9 Å². The lowest BCUT2D eigenvalue weighted by molar-refractivity contribution is 0.619. The second kappa shape index (κ2) is 5.46. The van der Waals surface area contributed by atoms with Crippen LogP contribution in [0, 0.1) is 12.7 Å². The first kappa shape index (κ1) is 13.5. The maximum Gasteiger partial charge on any atom is 0.126 e. The monoisotopic (exact) mass is 347 g/mol. The number of hydrogen-bond donors (Lipinski definition) is 0. The molecule has 0 atom stereocenters. The van der Waals surface area contributed by atoms with E-state index in [9.17, 15) is 4.39 Å². The fourth-order valence-corrected chi connectivity index (χ4v) is 3.14. The van der Waals surface area contributed by atoms with Crippen LogP contribution in [0.1, 0.15) is 5.56 Å². The largest absolute Gasteiger partial charge is 0.236 e. The summed E-state index contributed by atoms with van der Waals surface area (Å²) in [6.45, 7) is 1.76. The minimum absolute atomic E-state index is 0.195. The Kier molecular flexibility index (Phi) is 3.68. The van der Waals surface area contributed by atoms with Crippen molar-refractivity contribution in [3.8, 4) is 21.8 Å². The molecule has 1 aromatic heterocycles. The first-order valence-corrected chi connectivity index (χ1v) is 7.79. The second-order valence-electron chi connectivity index (χ2n) is 4.51. The molecule has 0 radical (unpaired) electrons. The van der Waals surface area contributed by atoms with E-state index in [1.165, 1.54) is 6.07 Å². The topological polar surface area (TPSA) is 12.9 Å². The van der Waals surface area contributed by atoms with Gasteiger partial charge in [-0.15, -0.1) is 11.3 Å². The summed E-state index contributed by atoms with van der Waals surface area (Å²) in [4.78, 5) is 4.59. The lowest BCUT2D eigenvalue weighted by Gasteiger charge is -2.00. The molecule has 0 saturated carbocycles. The van der Waals surface area contributed by atoms with Crippen LogP contribution in [0.3, 0.4) is 0 Å². The molecule has 3 rings (SSSR count). The molecular formula is C16H11BrFNS. The normalized spacial score (nSPS) is 10.8. The van der Waals surface area contributed by atoms with Crippen LogP contribution in [0.4, 0.5) is 4.39 Å². The van der Waals surface area contributed by atoms with E-state index in [4.69, 9.17) is 0 Å². The summed E-state index contributed by atoms with van der Waals surface area (Å²) in [5.74, 6) is -0.195. The number of hydrogen-bond acceptors (Lipinski definition) is 2. The highest BCUT2D eigenvalue weighted by atomic mass is 79.9. The Bertz CT molecular complexity index is 767. The predicted molar refractivity (Wildman–Crippen MR) is 85.4 cm³/mol. The third-order valence-electron chi connectivity index (χ3n) is 3.04. The first-order valence-electron chi connectivity index (χ1n) is 6.11. The van der Waals surface area contributed by atoms with Gasteiger partial charge in [-0.1, -0.05) is 40.2 Å². The van der Waals surface area contributed by atoms with Crippen LogP contribution in [-0.2, 0) is 0 Å². The quantitative estimate of drug-likeness (QED) is 0.580. The van der Waals surface area contributed by atoms with Gasteiger partial charge in [-0.2, -0.15) is 0 Å². The summed E-state index contributed by atoms with van der Waals surface area (Å²) < 4.78 is 14.6. The molecule has 3 aromatic rings. The average molecular weight is 348 g/mol. The molecule has 2 aromatic carbocycles. The van der Waals surface area contributed by atoms with Gasteiger partial charge in [0.25, 0.3) is 0 Å². The molecule has 100 valence electrons. The van der Waals surface area contributed by atoms with Gasteiger partial charge in [0, 0.05) is 21.0 Å². The van der Waals surface area contributed by atoms with Crippen molar-refractivity contribution in [2.75, 3.05) is 0 Å². The van der Waals surface area contributed by atoms with E-state index in [0.717, 1.165) is 26.3 Å². The molecule has 0 aliphatic carbocycles. The molecule has 20 heavy (non-hydrogen) atoms. The molecule has 4 heteroatoms. The van der Waals surface area contributed by atoms with Crippen molar-refractivity contribution in [3.05, 3.63) is 63.7 Å². The molecule has 0 spiro atoms. The lowest BCUT2D eigenvalue weighted by atomic mass is 10.1. The average Bonchev–Trinajstić information content (AvgIpc) is 2.92. The SMILES string of the molecule is Cc1ccc(-c2csc(-c3cccc(Br)c3)n2)cc1F. The van der Waals surface area contributed by atoms with E-state index >= 15 is 0 Å². The Morgan fingerprint density at radius 2 is 1.95 bits per heavy atom. The fraction of sp³-hybridized carbons (Fsp3) is 0.0625. The van der Waals surface area contributed by atoms with Crippen LogP contribution < -0.4 is 0 Å². The summed E-state index contributed by atoms with van der Waals surface area (Å²) in [5.41, 5.74) is 3.33. The van der Waals surface area contributed by atoms with E-state index < -0.39 is 0 Å². The van der Waals surface area contributed by atoms with Gasteiger partial charge >= 0.3 is 0 Å². The number of rotatable bonds is 2. The molecule has 0 fully saturated rings. The van der Waals surface area contributed by atoms with Gasteiger partial charge < -0.3 is 0 Å². The molecule has 1 heterocycles. The molecule has 1 nitrogen and oxygen atoms in total. The van der Waals surface area contributed by atoms with Crippen molar-refractivity contribution in [1.82, 2.24) is 4.98 Å². The van der Waals surface area contributed by atoms with E-state index in [1.807, 2.05) is 35.7 Å². The van der Waals surface area contributed by atoms with Crippen LogP contribution in [-0.4, -0.2) is 4.98 Å². The summed E-state index contributed by atoms with van der Waals surface area (Å²) >= 11 is 5.02. The standard InChI is InChI=1S/C16H11BrFNS/c1-10-5-6-11(8-14(10)18)15-9-20-16(19-15)12-3-2-4-13(17)7-12/h2-9H,1H3. The minimum atomic E-state index is -0.195. The second-order valence-corrected chi connectivity index (χ2v) is 6.29. The lowest BCUT2D eigenvalue weighted by Crippen LogP contribution is -1.85. The smallest absolute Gasteiger partial charge is 0.126 e. The van der Waals surface area contributed by atoms with E-state index in [-0.39, 0.29) is 5.82 Å². The van der Waals surface area contributed by atoms with E-state index in [0.29, 0.717) is 5.56 Å². The molecule has 0 unspecified atom stereocenters. The summed E-state index contributed by atoms with van der Waals surface area (Å²) in [6.07, 6.45) is 0. The molecule has 0 aliphatic rings. The van der Waals surface area contributed by atoms with Gasteiger partial charge in [-0.05, 0) is 30.7 Å². The van der Waals surface area contributed by atoms with Gasteiger partial charge in [0.2, 0.25) is 0 Å². The summed E-state index contributed by atoms with van der Waals surface area (Å²) in [6, 6.07) is 13.2. The first-order chi connectivity index (χ1) is 9.63. The molecule has 0 saturated heterocycles. The zero-order chi connectivity index (χ0) is 14.1. The van der Waals surface area contributed by atoms with Crippen molar-refractivity contribution < 1.29 is 4.39 Å². The van der Waals surface area contributed by atoms with Gasteiger partial charge in [-0.25, -0.2) is 9.37 Å². The van der Waals surface area contributed by atoms with E-state index in [1.54, 1.807) is 24.3 Å². The Labute approximate surface area is 129 Å². The Balaban J connectivity index is 1.99. The number of benzene rings is 2. The van der Waals surface area contributed by atoms with Crippen molar-refractivity contribution in [2.45, 2.75) is 6.92 Å². The fourth-order valence-electron chi connectivity index (χ4n) is 1.91. The number of nitrogens with zero attached hydrogens (tertiary/aromatic N) is 1. The van der Waals surface area contributed by atoms with Crippen molar-refractivity contribution in [2.24, 2.45) is 0 Å². The van der Waals surface area contributed by atoms with Gasteiger partial charge in [-0.3, -0.25) is 0 Å². The Morgan fingerprint density at radius 3 is 2.70 bits per heavy atom. The van der Waals surface area contributed by atoms with Crippen molar-refractivity contribution >= 4 is 27.3 Å². The van der Waals surface area contributed by atoms with Gasteiger partial charge in [0.15, 0.2) is 0 Å². The Hall–Kier alpha value is -1.52. The van der Waals surface area contributed by atoms with Crippen molar-refractivity contribution in [3.63, 3.8) is 0 Å². The number of aryl methyl sites for hydroxylation is 1. The zero-order valence-corrected chi connectivity index (χ0v) is 13.1. The van der Waals surface area contributed by atoms with Crippen LogP contribution in [0.25, 0.3) is 21.8 Å². The predicted octanol–water partition coefficient (Wildman–Crippen LogP) is 5.69. The van der Waals surface area contributed by atoms with Crippen LogP contribution in [0.2, 0.25) is 0 Å². The molecule has 0 amide bonds. The minimum Gasteiger partial charge on any atom is -0.236 e. The third kappa shape index (κ3) is 2.67. The van der Waals surface area contributed by atoms with Crippen LogP contribution in [0.15, 0.2) is 52.3 Å². The summed E-state index contributed by atoms with van der Waals surface area (Å²) in [7, 11) is 0. The van der Waals surface area contributed by atoms with Gasteiger partial charge in [0.1, 0.15) is 10.8 Å². The molecule has 0 bridgehead atoms. The molecule has 0 aliphatic heterocycles. The van der Waals surface area contributed by atoms with Crippen LogP contribution >= 0.6 is 27.3 Å². The zero-order valence-electron chi connectivity index (χ0n) is 10.7. The van der Waals surface area contributed by atoms with Gasteiger partial charge in [0.05, 0.1) is 5.69 Å².